The van der Waals surface area contributed by atoms with E-state index in [0.717, 1.165) is 5.01 Å². The second-order valence-corrected chi connectivity index (χ2v) is 7.67. The first-order valence-electron chi connectivity index (χ1n) is 9.44. The zero-order valence-corrected chi connectivity index (χ0v) is 18.4. The smallest absolute Gasteiger partial charge is 0.311 e. The van der Waals surface area contributed by atoms with Gasteiger partial charge in [-0.1, -0.05) is 35.3 Å². The van der Waals surface area contributed by atoms with E-state index in [0.29, 0.717) is 16.5 Å². The van der Waals surface area contributed by atoms with Gasteiger partial charge in [0.2, 0.25) is 5.91 Å². The molecule has 1 saturated heterocycles. The number of benzene rings is 2. The van der Waals surface area contributed by atoms with Crippen LogP contribution in [0.3, 0.4) is 0 Å². The Bertz CT molecular complexity index is 1060. The molecule has 1 aliphatic heterocycles. The highest BCUT2D eigenvalue weighted by Gasteiger charge is 2.37. The van der Waals surface area contributed by atoms with Crippen LogP contribution in [0, 0.1) is 5.92 Å². The minimum absolute atomic E-state index is 0.0857. The van der Waals surface area contributed by atoms with Gasteiger partial charge in [0.1, 0.15) is 5.75 Å². The molecular weight excluding hydrogens is 461 g/mol. The molecule has 168 valence electrons. The predicted molar refractivity (Wildman–Crippen MR) is 116 cm³/mol. The number of amides is 3. The van der Waals surface area contributed by atoms with Gasteiger partial charge in [0.15, 0.2) is 6.61 Å². The van der Waals surface area contributed by atoms with Crippen LogP contribution in [0.2, 0.25) is 10.0 Å². The summed E-state index contributed by atoms with van der Waals surface area (Å²) in [6.07, 6.45) is -0.161. The van der Waals surface area contributed by atoms with Crippen molar-refractivity contribution in [1.29, 1.82) is 0 Å². The number of hydrogen-bond donors (Lipinski definition) is 2. The van der Waals surface area contributed by atoms with Gasteiger partial charge in [-0.25, -0.2) is 0 Å². The van der Waals surface area contributed by atoms with E-state index in [9.17, 15) is 19.2 Å². The molecule has 11 heteroatoms. The van der Waals surface area contributed by atoms with Crippen LogP contribution in [0.5, 0.6) is 5.75 Å². The van der Waals surface area contributed by atoms with Gasteiger partial charge in [-0.3, -0.25) is 29.6 Å². The zero-order chi connectivity index (χ0) is 23.3. The third-order valence-electron chi connectivity index (χ3n) is 4.59. The van der Waals surface area contributed by atoms with Crippen molar-refractivity contribution in [1.82, 2.24) is 10.4 Å². The van der Waals surface area contributed by atoms with E-state index in [1.54, 1.807) is 30.3 Å². The fraction of sp³-hybridized carbons (Fsp3) is 0.238. The number of nitrogens with zero attached hydrogens (tertiary/aromatic N) is 1. The number of anilines is 1. The number of hydrogen-bond acceptors (Lipinski definition) is 6. The highest BCUT2D eigenvalue weighted by atomic mass is 35.5. The molecule has 2 N–H and O–H groups in total. The Hall–Kier alpha value is -3.30. The molecule has 9 nitrogen and oxygen atoms in total. The van der Waals surface area contributed by atoms with E-state index in [-0.39, 0.29) is 23.6 Å². The average Bonchev–Trinajstić information content (AvgIpc) is 3.12. The van der Waals surface area contributed by atoms with Crippen LogP contribution in [-0.4, -0.2) is 49.0 Å². The Labute approximate surface area is 193 Å². The molecule has 0 unspecified atom stereocenters. The molecule has 3 rings (SSSR count). The van der Waals surface area contributed by atoms with E-state index < -0.39 is 36.2 Å². The number of carbonyl (C=O) groups is 4. The SMILES string of the molecule is COc1ccc(Cl)cc1NC(=O)COC(=O)[C@@H]1CC(=O)N(NC(=O)c2ccccc2Cl)C1. The van der Waals surface area contributed by atoms with Crippen LogP contribution in [-0.2, 0) is 19.1 Å². The van der Waals surface area contributed by atoms with Crippen LogP contribution in [0.25, 0.3) is 0 Å². The molecule has 1 heterocycles. The molecule has 0 bridgehead atoms. The van der Waals surface area contributed by atoms with Gasteiger partial charge < -0.3 is 14.8 Å². The van der Waals surface area contributed by atoms with Crippen LogP contribution in [0.1, 0.15) is 16.8 Å². The fourth-order valence-corrected chi connectivity index (χ4v) is 3.41. The topological polar surface area (TPSA) is 114 Å². The lowest BCUT2D eigenvalue weighted by Gasteiger charge is -2.18. The molecular formula is C21H19Cl2N3O6. The molecule has 0 radical (unpaired) electrons. The normalized spacial score (nSPS) is 15.3. The van der Waals surface area contributed by atoms with Crippen LogP contribution >= 0.6 is 23.2 Å². The maximum absolute atomic E-state index is 12.3. The number of nitrogens with one attached hydrogen (secondary N) is 2. The summed E-state index contributed by atoms with van der Waals surface area (Å²) >= 11 is 11.9. The van der Waals surface area contributed by atoms with Crippen molar-refractivity contribution in [2.24, 2.45) is 5.92 Å². The van der Waals surface area contributed by atoms with Crippen molar-refractivity contribution in [3.63, 3.8) is 0 Å². The van der Waals surface area contributed by atoms with Crippen LogP contribution in [0.15, 0.2) is 42.5 Å². The first-order valence-corrected chi connectivity index (χ1v) is 10.2. The summed E-state index contributed by atoms with van der Waals surface area (Å²) in [6.45, 7) is -0.650. The van der Waals surface area contributed by atoms with Crippen molar-refractivity contribution in [3.8, 4) is 5.75 Å². The lowest BCUT2D eigenvalue weighted by Crippen LogP contribution is -2.43. The van der Waals surface area contributed by atoms with Gasteiger partial charge >= 0.3 is 5.97 Å². The third kappa shape index (κ3) is 5.68. The minimum atomic E-state index is -0.831. The number of methoxy groups -OCH3 is 1. The molecule has 0 aromatic heterocycles. The molecule has 1 atom stereocenters. The monoisotopic (exact) mass is 479 g/mol. The van der Waals surface area contributed by atoms with Crippen molar-refractivity contribution in [2.45, 2.75) is 6.42 Å². The average molecular weight is 480 g/mol. The van der Waals surface area contributed by atoms with Gasteiger partial charge in [-0.15, -0.1) is 0 Å². The molecule has 1 fully saturated rings. The second kappa shape index (κ2) is 10.3. The number of esters is 1. The Morgan fingerprint density at radius 3 is 2.62 bits per heavy atom. The van der Waals surface area contributed by atoms with E-state index in [2.05, 4.69) is 10.7 Å². The Kier molecular flexibility index (Phi) is 7.55. The number of carbonyl (C=O) groups excluding carboxylic acids is 4. The molecule has 0 spiro atoms. The van der Waals surface area contributed by atoms with Gasteiger partial charge in [0.05, 0.1) is 35.8 Å². The van der Waals surface area contributed by atoms with Crippen LogP contribution in [0.4, 0.5) is 5.69 Å². The fourth-order valence-electron chi connectivity index (χ4n) is 3.02. The summed E-state index contributed by atoms with van der Waals surface area (Å²) in [7, 11) is 1.44. The number of halogens is 2. The minimum Gasteiger partial charge on any atom is -0.495 e. The van der Waals surface area contributed by atoms with E-state index in [4.69, 9.17) is 32.7 Å². The lowest BCUT2D eigenvalue weighted by molar-refractivity contribution is -0.151. The summed E-state index contributed by atoms with van der Waals surface area (Å²) in [4.78, 5) is 49.0. The van der Waals surface area contributed by atoms with Crippen molar-refractivity contribution < 1.29 is 28.7 Å². The van der Waals surface area contributed by atoms with Gasteiger partial charge in [0.25, 0.3) is 11.8 Å². The predicted octanol–water partition coefficient (Wildman–Crippen LogP) is 2.68. The summed E-state index contributed by atoms with van der Waals surface area (Å²) in [5.41, 5.74) is 2.95. The Morgan fingerprint density at radius 1 is 1.16 bits per heavy atom. The van der Waals surface area contributed by atoms with Gasteiger partial charge in [-0.2, -0.15) is 0 Å². The summed E-state index contributed by atoms with van der Waals surface area (Å²) < 4.78 is 10.2. The molecule has 0 aliphatic carbocycles. The van der Waals surface area contributed by atoms with E-state index >= 15 is 0 Å². The van der Waals surface area contributed by atoms with Crippen molar-refractivity contribution in [2.75, 3.05) is 25.6 Å². The van der Waals surface area contributed by atoms with E-state index in [1.807, 2.05) is 0 Å². The van der Waals surface area contributed by atoms with Crippen molar-refractivity contribution >= 4 is 52.6 Å². The number of rotatable bonds is 7. The number of hydrazine groups is 1. The quantitative estimate of drug-likeness (QED) is 0.590. The van der Waals surface area contributed by atoms with Gasteiger partial charge in [-0.05, 0) is 30.3 Å². The molecule has 3 amide bonds. The highest BCUT2D eigenvalue weighted by molar-refractivity contribution is 6.33. The second-order valence-electron chi connectivity index (χ2n) is 6.83. The zero-order valence-electron chi connectivity index (χ0n) is 16.9. The standard InChI is InChI=1S/C21H19Cl2N3O6/c1-31-17-7-6-13(22)9-16(17)24-18(27)11-32-21(30)12-8-19(28)26(10-12)25-20(29)14-4-2-3-5-15(14)23/h2-7,9,12H,8,10-11H2,1H3,(H,24,27)(H,25,29)/t12-/m1/s1. The maximum Gasteiger partial charge on any atom is 0.311 e. The first-order chi connectivity index (χ1) is 15.3. The molecule has 1 aliphatic rings. The molecule has 0 saturated carbocycles. The number of ether oxygens (including phenoxy) is 2. The molecule has 2 aromatic carbocycles. The highest BCUT2D eigenvalue weighted by Crippen LogP contribution is 2.27. The van der Waals surface area contributed by atoms with E-state index in [1.165, 1.54) is 19.2 Å². The Morgan fingerprint density at radius 2 is 1.91 bits per heavy atom. The summed E-state index contributed by atoms with van der Waals surface area (Å²) in [5.74, 6) is -2.82. The molecule has 32 heavy (non-hydrogen) atoms. The van der Waals surface area contributed by atoms with Crippen molar-refractivity contribution in [3.05, 3.63) is 58.1 Å². The molecule has 2 aromatic rings. The lowest BCUT2D eigenvalue weighted by atomic mass is 10.1. The third-order valence-corrected chi connectivity index (χ3v) is 5.16. The van der Waals surface area contributed by atoms with Crippen LogP contribution < -0.4 is 15.5 Å². The summed E-state index contributed by atoms with van der Waals surface area (Å²) in [6, 6.07) is 11.0. The maximum atomic E-state index is 12.3. The summed E-state index contributed by atoms with van der Waals surface area (Å²) in [5, 5.41) is 4.20. The largest absolute Gasteiger partial charge is 0.495 e. The van der Waals surface area contributed by atoms with Gasteiger partial charge in [0, 0.05) is 11.4 Å². The Balaban J connectivity index is 1.51. The first kappa shape index (κ1) is 23.4.